The van der Waals surface area contributed by atoms with Gasteiger partial charge in [0.15, 0.2) is 5.82 Å². The van der Waals surface area contributed by atoms with Crippen LogP contribution < -0.4 is 10.0 Å². The Hall–Kier alpha value is -2.98. The Labute approximate surface area is 179 Å². The average molecular weight is 476 g/mol. The maximum Gasteiger partial charge on any atom is 0.404 e. The Bertz CT molecular complexity index is 1230. The van der Waals surface area contributed by atoms with Gasteiger partial charge < -0.3 is 9.88 Å². The van der Waals surface area contributed by atoms with Crippen LogP contribution in [0.15, 0.2) is 23.1 Å². The monoisotopic (exact) mass is 476 g/mol. The number of nitrogens with one attached hydrogen (secondary N) is 2. The van der Waals surface area contributed by atoms with Crippen LogP contribution in [0.2, 0.25) is 0 Å². The van der Waals surface area contributed by atoms with Crippen LogP contribution in [0.25, 0.3) is 0 Å². The number of halogens is 5. The minimum Gasteiger partial charge on any atom is -0.340 e. The summed E-state index contributed by atoms with van der Waals surface area (Å²) in [7, 11) is -3.75. The molecule has 1 heterocycles. The van der Waals surface area contributed by atoms with Crippen LogP contribution in [0.5, 0.6) is 0 Å². The van der Waals surface area contributed by atoms with Crippen LogP contribution in [0.1, 0.15) is 47.4 Å². The fraction of sp³-hybridized carbons (Fsp3) is 0.368. The molecule has 2 N–H and O–H groups in total. The lowest BCUT2D eigenvalue weighted by Gasteiger charge is -2.17. The molecule has 1 aromatic heterocycles. The molecule has 13 heteroatoms. The molecule has 1 saturated carbocycles. The summed E-state index contributed by atoms with van der Waals surface area (Å²) < 4.78 is 95.1. The van der Waals surface area contributed by atoms with Gasteiger partial charge in [-0.05, 0) is 38.0 Å². The van der Waals surface area contributed by atoms with Crippen LogP contribution in [0.3, 0.4) is 0 Å². The van der Waals surface area contributed by atoms with Crippen molar-refractivity contribution >= 4 is 21.6 Å². The number of carbonyl (C=O) groups excluding carboxylic acids is 1. The number of nitriles is 1. The van der Waals surface area contributed by atoms with E-state index in [2.05, 4.69) is 5.32 Å². The SMILES string of the molecule is CC(NS(=O)(=O)c1c(F)c(C(=O)Nc2ccc(F)c(C#N)c2)n(C)c1C1CC1)C(F)(F)F. The van der Waals surface area contributed by atoms with Gasteiger partial charge in [-0.25, -0.2) is 17.2 Å². The minimum absolute atomic E-state index is 0.0604. The third-order valence-corrected chi connectivity index (χ3v) is 6.54. The molecule has 0 bridgehead atoms. The number of nitrogens with zero attached hydrogens (tertiary/aromatic N) is 2. The van der Waals surface area contributed by atoms with Gasteiger partial charge in [-0.15, -0.1) is 0 Å². The summed E-state index contributed by atoms with van der Waals surface area (Å²) in [4.78, 5) is 11.7. The van der Waals surface area contributed by atoms with Crippen molar-refractivity contribution in [3.05, 3.63) is 46.8 Å². The predicted molar refractivity (Wildman–Crippen MR) is 102 cm³/mol. The van der Waals surface area contributed by atoms with E-state index in [9.17, 15) is 30.8 Å². The molecule has 2 aromatic rings. The van der Waals surface area contributed by atoms with Gasteiger partial charge >= 0.3 is 6.18 Å². The number of sulfonamides is 1. The molecule has 3 rings (SSSR count). The van der Waals surface area contributed by atoms with Crippen LogP contribution >= 0.6 is 0 Å². The number of benzene rings is 1. The number of aromatic nitrogens is 1. The van der Waals surface area contributed by atoms with Crippen LogP contribution in [-0.4, -0.2) is 31.1 Å². The van der Waals surface area contributed by atoms with Crippen LogP contribution in [0, 0.1) is 23.0 Å². The molecule has 1 unspecified atom stereocenters. The zero-order valence-electron chi connectivity index (χ0n) is 16.7. The normalized spacial score (nSPS) is 15.3. The minimum atomic E-state index is -4.97. The van der Waals surface area contributed by atoms with E-state index in [0.29, 0.717) is 19.8 Å². The largest absolute Gasteiger partial charge is 0.404 e. The van der Waals surface area contributed by atoms with Gasteiger partial charge in [0.25, 0.3) is 5.91 Å². The fourth-order valence-electron chi connectivity index (χ4n) is 3.20. The number of rotatable bonds is 6. The Morgan fingerprint density at radius 2 is 1.91 bits per heavy atom. The highest BCUT2D eigenvalue weighted by atomic mass is 32.2. The number of amides is 1. The Kier molecular flexibility index (Phi) is 6.05. The molecule has 0 spiro atoms. The second-order valence-corrected chi connectivity index (χ2v) is 9.01. The molecule has 172 valence electrons. The zero-order chi connectivity index (χ0) is 24.0. The third-order valence-electron chi connectivity index (χ3n) is 4.95. The maximum atomic E-state index is 15.3. The van der Waals surface area contributed by atoms with Crippen molar-refractivity contribution < 1.29 is 35.2 Å². The van der Waals surface area contributed by atoms with Gasteiger partial charge in [0.05, 0.1) is 5.56 Å². The van der Waals surface area contributed by atoms with Crippen molar-refractivity contribution in [3.63, 3.8) is 0 Å². The summed E-state index contributed by atoms with van der Waals surface area (Å²) in [5.74, 6) is -3.91. The number of anilines is 1. The Morgan fingerprint density at radius 3 is 2.44 bits per heavy atom. The molecule has 1 fully saturated rings. The molecular formula is C19H17F5N4O3S. The van der Waals surface area contributed by atoms with Crippen molar-refractivity contribution in [3.8, 4) is 6.07 Å². The number of carbonyl (C=O) groups is 1. The highest BCUT2D eigenvalue weighted by molar-refractivity contribution is 7.89. The summed E-state index contributed by atoms with van der Waals surface area (Å²) in [6.07, 6.45) is -3.96. The van der Waals surface area contributed by atoms with Crippen molar-refractivity contribution in [1.29, 1.82) is 5.26 Å². The van der Waals surface area contributed by atoms with Gasteiger partial charge in [-0.1, -0.05) is 0 Å². The van der Waals surface area contributed by atoms with E-state index in [1.165, 1.54) is 11.8 Å². The maximum absolute atomic E-state index is 15.3. The first kappa shape index (κ1) is 23.7. The molecule has 32 heavy (non-hydrogen) atoms. The van der Waals surface area contributed by atoms with E-state index < -0.39 is 56.3 Å². The van der Waals surface area contributed by atoms with Gasteiger partial charge in [0, 0.05) is 24.3 Å². The van der Waals surface area contributed by atoms with Crippen molar-refractivity contribution in [2.75, 3.05) is 5.32 Å². The number of hydrogen-bond donors (Lipinski definition) is 2. The molecule has 7 nitrogen and oxygen atoms in total. The first-order valence-electron chi connectivity index (χ1n) is 9.26. The quantitative estimate of drug-likeness (QED) is 0.623. The molecule has 1 amide bonds. The summed E-state index contributed by atoms with van der Waals surface area (Å²) in [6.45, 7) is 0.574. The van der Waals surface area contributed by atoms with E-state index in [4.69, 9.17) is 5.26 Å². The van der Waals surface area contributed by atoms with Gasteiger partial charge in [0.2, 0.25) is 10.0 Å². The molecule has 0 saturated heterocycles. The number of hydrogen-bond acceptors (Lipinski definition) is 4. The first-order chi connectivity index (χ1) is 14.8. The smallest absolute Gasteiger partial charge is 0.340 e. The van der Waals surface area contributed by atoms with E-state index >= 15 is 4.39 Å². The molecule has 1 atom stereocenters. The van der Waals surface area contributed by atoms with E-state index in [1.807, 2.05) is 0 Å². The highest BCUT2D eigenvalue weighted by Gasteiger charge is 2.44. The lowest BCUT2D eigenvalue weighted by atomic mass is 10.2. The summed E-state index contributed by atoms with van der Waals surface area (Å²) in [5, 5.41) is 11.1. The third kappa shape index (κ3) is 4.46. The summed E-state index contributed by atoms with van der Waals surface area (Å²) in [5.41, 5.74) is -1.29. The Morgan fingerprint density at radius 1 is 1.28 bits per heavy atom. The van der Waals surface area contributed by atoms with Crippen LogP contribution in [-0.2, 0) is 17.1 Å². The van der Waals surface area contributed by atoms with Crippen molar-refractivity contribution in [1.82, 2.24) is 9.29 Å². The first-order valence-corrected chi connectivity index (χ1v) is 10.7. The Balaban J connectivity index is 2.04. The van der Waals surface area contributed by atoms with Gasteiger partial charge in [0.1, 0.15) is 28.5 Å². The average Bonchev–Trinajstić information content (AvgIpc) is 3.46. The summed E-state index contributed by atoms with van der Waals surface area (Å²) >= 11 is 0. The van der Waals surface area contributed by atoms with E-state index in [0.717, 1.165) is 22.8 Å². The standard InChI is InChI=1S/C19H17F5N4O3S/c1-9(19(22,23)24)27-32(30,31)17-14(21)16(28(2)15(17)10-3-4-10)18(29)26-12-5-6-13(20)11(7-12)8-25/h5-7,9-10,27H,3-4H2,1-2H3,(H,26,29). The highest BCUT2D eigenvalue weighted by Crippen LogP contribution is 2.45. The lowest BCUT2D eigenvalue weighted by molar-refractivity contribution is -0.147. The molecule has 1 aromatic carbocycles. The molecule has 1 aliphatic carbocycles. The van der Waals surface area contributed by atoms with Gasteiger partial charge in [-0.3, -0.25) is 4.79 Å². The van der Waals surface area contributed by atoms with Crippen molar-refractivity contribution in [2.24, 2.45) is 7.05 Å². The fourth-order valence-corrected chi connectivity index (χ4v) is 4.83. The lowest BCUT2D eigenvalue weighted by Crippen LogP contribution is -2.43. The topological polar surface area (TPSA) is 104 Å². The molecular weight excluding hydrogens is 459 g/mol. The summed E-state index contributed by atoms with van der Waals surface area (Å²) in [6, 6.07) is 2.11. The second kappa shape index (κ2) is 8.18. The van der Waals surface area contributed by atoms with Crippen molar-refractivity contribution in [2.45, 2.75) is 42.8 Å². The molecule has 0 radical (unpaired) electrons. The second-order valence-electron chi connectivity index (χ2n) is 7.36. The predicted octanol–water partition coefficient (Wildman–Crippen LogP) is 3.53. The van der Waals surface area contributed by atoms with Gasteiger partial charge in [-0.2, -0.15) is 23.2 Å². The molecule has 0 aliphatic heterocycles. The van der Waals surface area contributed by atoms with Crippen LogP contribution in [0.4, 0.5) is 27.6 Å². The zero-order valence-corrected chi connectivity index (χ0v) is 17.5. The van der Waals surface area contributed by atoms with E-state index in [1.54, 1.807) is 6.07 Å². The molecule has 1 aliphatic rings. The van der Waals surface area contributed by atoms with E-state index in [-0.39, 0.29) is 16.9 Å². The number of alkyl halides is 3.